The van der Waals surface area contributed by atoms with Gasteiger partial charge in [0.2, 0.25) is 47.3 Å². The number of aromatic amines is 1. The van der Waals surface area contributed by atoms with Crippen molar-refractivity contribution in [2.75, 3.05) is 44.2 Å². The summed E-state index contributed by atoms with van der Waals surface area (Å²) in [5.74, 6) is -6.40. The van der Waals surface area contributed by atoms with Crippen molar-refractivity contribution in [3.63, 3.8) is 0 Å². The van der Waals surface area contributed by atoms with Gasteiger partial charge in [0, 0.05) is 42.9 Å². The van der Waals surface area contributed by atoms with E-state index in [1.165, 1.54) is 22.3 Å². The number of nitrogens with zero attached hydrogens (tertiary/aromatic N) is 3. The predicted molar refractivity (Wildman–Crippen MR) is 253 cm³/mol. The first-order valence-electron chi connectivity index (χ1n) is 22.9. The first-order chi connectivity index (χ1) is 31.9. The van der Waals surface area contributed by atoms with E-state index >= 15 is 0 Å². The number of carboxylic acids is 1. The van der Waals surface area contributed by atoms with Gasteiger partial charge >= 0.3 is 5.97 Å². The molecule has 2 aliphatic rings. The number of hydrogen-bond acceptors (Lipinski definition) is 15. The summed E-state index contributed by atoms with van der Waals surface area (Å²) in [6, 6.07) is -8.68. The standard InChI is InChI=1S/C42H71N13O10S2/c1-24(2)17-29(51-35(57)26(45)21-66)37(59)50-28(10-4-6-14-44)41(63)55-16-8-11-32(55)39(61)47-20-34(56)54-15-7-12-33(54)40(62)49-27(9-3-5-13-43)36(58)52-30(18-25-19-46-23-48-25)38(60)53-31(22-67)42(64)65/h19,23-24,26-33,66-67H,3-18,20-22,43-45H2,1-2H3,(H,46,48)(H,47,61)(H,49,62)(H,50,59)(H,51,57)(H,52,58)(H,53,60)(H,64,65)/t26-,27-,28-,29-,30-,31-,32-,33-/m0/s1. The maximum Gasteiger partial charge on any atom is 0.327 e. The fraction of sp³-hybridized carbons (Fsp3) is 0.714. The average Bonchev–Trinajstić information content (AvgIpc) is 4.11. The monoisotopic (exact) mass is 981 g/mol. The number of amides is 8. The topological polar surface area (TPSA) is 359 Å². The highest BCUT2D eigenvalue weighted by Gasteiger charge is 2.40. The molecule has 2 fully saturated rings. The second kappa shape index (κ2) is 29.0. The lowest BCUT2D eigenvalue weighted by atomic mass is 10.0. The minimum atomic E-state index is -1.34. The summed E-state index contributed by atoms with van der Waals surface area (Å²) in [6.45, 7) is 4.36. The molecule has 0 bridgehead atoms. The number of aromatic nitrogens is 2. The van der Waals surface area contributed by atoms with E-state index in [2.05, 4.69) is 67.1 Å². The van der Waals surface area contributed by atoms with Crippen LogP contribution in [0.15, 0.2) is 12.5 Å². The van der Waals surface area contributed by atoms with Gasteiger partial charge < -0.3 is 69.0 Å². The molecule has 2 aliphatic heterocycles. The highest BCUT2D eigenvalue weighted by atomic mass is 32.1. The summed E-state index contributed by atoms with van der Waals surface area (Å²) in [6.07, 6.45) is 6.89. The number of nitrogens with two attached hydrogens (primary N) is 3. The lowest BCUT2D eigenvalue weighted by molar-refractivity contribution is -0.143. The Bertz CT molecular complexity index is 1830. The molecule has 0 unspecified atom stereocenters. The molecule has 25 heteroatoms. The third-order valence-corrected chi connectivity index (χ3v) is 12.3. The van der Waals surface area contributed by atoms with Gasteiger partial charge in [-0.1, -0.05) is 13.8 Å². The van der Waals surface area contributed by atoms with Crippen molar-refractivity contribution in [3.8, 4) is 0 Å². The van der Waals surface area contributed by atoms with Crippen LogP contribution in [0.4, 0.5) is 0 Å². The molecule has 8 atom stereocenters. The number of carbonyl (C=O) groups is 9. The number of imidazole rings is 1. The highest BCUT2D eigenvalue weighted by Crippen LogP contribution is 2.22. The minimum Gasteiger partial charge on any atom is -0.480 e. The van der Waals surface area contributed by atoms with Crippen molar-refractivity contribution >= 4 is 78.5 Å². The van der Waals surface area contributed by atoms with Crippen LogP contribution in [0.25, 0.3) is 0 Å². The molecule has 0 aromatic carbocycles. The molecule has 67 heavy (non-hydrogen) atoms. The zero-order valence-electron chi connectivity index (χ0n) is 38.4. The summed E-state index contributed by atoms with van der Waals surface area (Å²) in [4.78, 5) is 130. The molecule has 376 valence electrons. The van der Waals surface area contributed by atoms with Crippen LogP contribution < -0.4 is 49.1 Å². The van der Waals surface area contributed by atoms with Crippen LogP contribution in [0, 0.1) is 5.92 Å². The van der Waals surface area contributed by atoms with E-state index in [1.807, 2.05) is 13.8 Å². The Balaban J connectivity index is 1.70. The molecule has 0 radical (unpaired) electrons. The quantitative estimate of drug-likeness (QED) is 0.0282. The van der Waals surface area contributed by atoms with E-state index in [0.717, 1.165) is 0 Å². The number of unbranched alkanes of at least 4 members (excludes halogenated alkanes) is 2. The Hall–Kier alpha value is -4.98. The van der Waals surface area contributed by atoms with E-state index < -0.39 is 108 Å². The second-order valence-electron chi connectivity index (χ2n) is 17.2. The van der Waals surface area contributed by atoms with Crippen molar-refractivity contribution < 1.29 is 48.3 Å². The summed E-state index contributed by atoms with van der Waals surface area (Å²) in [5, 5.41) is 25.3. The Morgan fingerprint density at radius 2 is 1.28 bits per heavy atom. The number of carboxylic acid groups (broad SMARTS) is 1. The van der Waals surface area contributed by atoms with E-state index in [4.69, 9.17) is 17.2 Å². The maximum atomic E-state index is 14.1. The molecule has 1 aromatic rings. The third-order valence-electron chi connectivity index (χ3n) is 11.6. The van der Waals surface area contributed by atoms with Gasteiger partial charge in [-0.05, 0) is 89.6 Å². The zero-order chi connectivity index (χ0) is 49.6. The summed E-state index contributed by atoms with van der Waals surface area (Å²) < 4.78 is 0. The van der Waals surface area contributed by atoms with Crippen molar-refractivity contribution in [2.24, 2.45) is 23.1 Å². The number of likely N-dealkylation sites (tertiary alicyclic amines) is 2. The van der Waals surface area contributed by atoms with Crippen LogP contribution in [-0.4, -0.2) is 171 Å². The van der Waals surface area contributed by atoms with E-state index in [-0.39, 0.29) is 62.6 Å². The van der Waals surface area contributed by atoms with Crippen LogP contribution in [0.3, 0.4) is 0 Å². The summed E-state index contributed by atoms with van der Waals surface area (Å²) in [5.41, 5.74) is 17.7. The average molecular weight is 982 g/mol. The number of nitrogens with one attached hydrogen (secondary N) is 7. The van der Waals surface area contributed by atoms with Crippen LogP contribution >= 0.6 is 25.3 Å². The van der Waals surface area contributed by atoms with Crippen LogP contribution in [0.1, 0.15) is 90.2 Å². The number of hydrogen-bond donors (Lipinski definition) is 13. The Morgan fingerprint density at radius 1 is 0.731 bits per heavy atom. The van der Waals surface area contributed by atoms with Crippen LogP contribution in [0.5, 0.6) is 0 Å². The number of thiol groups is 2. The normalized spacial score (nSPS) is 18.5. The first-order valence-corrected chi connectivity index (χ1v) is 24.2. The minimum absolute atomic E-state index is 0.00299. The van der Waals surface area contributed by atoms with Gasteiger partial charge in [-0.15, -0.1) is 0 Å². The number of carbonyl (C=O) groups excluding carboxylic acids is 8. The molecule has 14 N–H and O–H groups in total. The van der Waals surface area contributed by atoms with E-state index in [9.17, 15) is 48.3 Å². The maximum absolute atomic E-state index is 14.1. The molecule has 0 aliphatic carbocycles. The van der Waals surface area contributed by atoms with Crippen LogP contribution in [0.2, 0.25) is 0 Å². The van der Waals surface area contributed by atoms with Gasteiger partial charge in [0.15, 0.2) is 0 Å². The Morgan fingerprint density at radius 3 is 1.85 bits per heavy atom. The molecule has 1 aromatic heterocycles. The van der Waals surface area contributed by atoms with Crippen molar-refractivity contribution in [1.82, 2.24) is 51.7 Å². The third kappa shape index (κ3) is 17.9. The van der Waals surface area contributed by atoms with E-state index in [0.29, 0.717) is 63.7 Å². The zero-order valence-corrected chi connectivity index (χ0v) is 40.2. The van der Waals surface area contributed by atoms with Crippen molar-refractivity contribution in [1.29, 1.82) is 0 Å². The van der Waals surface area contributed by atoms with Gasteiger partial charge in [0.1, 0.15) is 42.3 Å². The van der Waals surface area contributed by atoms with Gasteiger partial charge in [0.05, 0.1) is 18.9 Å². The molecular weight excluding hydrogens is 911 g/mol. The van der Waals surface area contributed by atoms with Crippen LogP contribution in [-0.2, 0) is 49.6 Å². The molecule has 23 nitrogen and oxygen atoms in total. The van der Waals surface area contributed by atoms with Crippen molar-refractivity contribution in [2.45, 2.75) is 139 Å². The predicted octanol–water partition coefficient (Wildman–Crippen LogP) is -2.95. The van der Waals surface area contributed by atoms with Crippen molar-refractivity contribution in [3.05, 3.63) is 18.2 Å². The largest absolute Gasteiger partial charge is 0.480 e. The second-order valence-corrected chi connectivity index (χ2v) is 18.0. The number of H-pyrrole nitrogens is 1. The van der Waals surface area contributed by atoms with Gasteiger partial charge in [-0.3, -0.25) is 38.4 Å². The SMILES string of the molecule is CC(C)C[C@H](NC(=O)[C@@H](N)CS)C(=O)N[C@@H](CCCCN)C(=O)N1CCC[C@H]1C(=O)NCC(=O)N1CCC[C@H]1C(=O)N[C@@H](CCCCN)C(=O)N[C@@H](Cc1cnc[nH]1)C(=O)N[C@@H](CS)C(=O)O. The molecule has 0 saturated carbocycles. The first kappa shape index (κ1) is 56.3. The Kier molecular flexibility index (Phi) is 24.4. The van der Waals surface area contributed by atoms with Gasteiger partial charge in [0.25, 0.3) is 0 Å². The Labute approximate surface area is 401 Å². The fourth-order valence-corrected chi connectivity index (χ4v) is 8.31. The summed E-state index contributed by atoms with van der Waals surface area (Å²) in [7, 11) is 0. The number of rotatable bonds is 29. The van der Waals surface area contributed by atoms with Gasteiger partial charge in [-0.25, -0.2) is 9.78 Å². The van der Waals surface area contributed by atoms with E-state index in [1.54, 1.807) is 0 Å². The molecule has 8 amide bonds. The molecule has 3 rings (SSSR count). The lowest BCUT2D eigenvalue weighted by Crippen LogP contribution is -2.59. The smallest absolute Gasteiger partial charge is 0.327 e. The molecule has 0 spiro atoms. The van der Waals surface area contributed by atoms with Gasteiger partial charge in [-0.2, -0.15) is 25.3 Å². The lowest BCUT2D eigenvalue weighted by Gasteiger charge is -2.30. The molecule has 2 saturated heterocycles. The number of aliphatic carboxylic acids is 1. The molecule has 3 heterocycles. The highest BCUT2D eigenvalue weighted by molar-refractivity contribution is 7.80. The fourth-order valence-electron chi connectivity index (χ4n) is 7.90. The molecular formula is C42H71N13O10S2. The summed E-state index contributed by atoms with van der Waals surface area (Å²) >= 11 is 8.07.